The van der Waals surface area contributed by atoms with E-state index in [-0.39, 0.29) is 5.91 Å². The first-order valence-electron chi connectivity index (χ1n) is 7.65. The van der Waals surface area contributed by atoms with Gasteiger partial charge in [0.15, 0.2) is 0 Å². The van der Waals surface area contributed by atoms with Crippen LogP contribution in [0.1, 0.15) is 57.6 Å². The predicted octanol–water partition coefficient (Wildman–Crippen LogP) is 3.20. The van der Waals surface area contributed by atoms with Crippen LogP contribution < -0.4 is 10.6 Å². The molecule has 20 heavy (non-hydrogen) atoms. The molecule has 0 atom stereocenters. The van der Waals surface area contributed by atoms with Gasteiger partial charge in [-0.25, -0.2) is 0 Å². The van der Waals surface area contributed by atoms with Crippen molar-refractivity contribution >= 4 is 5.91 Å². The van der Waals surface area contributed by atoms with E-state index in [9.17, 15) is 4.79 Å². The number of carbonyl (C=O) groups excluding carboxylic acids is 1. The number of carbonyl (C=O) groups is 1. The number of benzene rings is 1. The number of hydrogen-bond donors (Lipinski definition) is 2. The van der Waals surface area contributed by atoms with Gasteiger partial charge in [-0.05, 0) is 29.9 Å². The quantitative estimate of drug-likeness (QED) is 0.765. The molecule has 0 radical (unpaired) electrons. The van der Waals surface area contributed by atoms with Crippen molar-refractivity contribution < 1.29 is 4.79 Å². The molecule has 3 nitrogen and oxygen atoms in total. The smallest absolute Gasteiger partial charge is 0.234 e. The second-order valence-electron chi connectivity index (χ2n) is 5.58. The second-order valence-corrected chi connectivity index (χ2v) is 5.58. The Morgan fingerprint density at radius 1 is 1.10 bits per heavy atom. The van der Waals surface area contributed by atoms with Gasteiger partial charge in [0.25, 0.3) is 0 Å². The number of hydrogen-bond acceptors (Lipinski definition) is 2. The van der Waals surface area contributed by atoms with Crippen molar-refractivity contribution in [2.45, 2.75) is 59.0 Å². The van der Waals surface area contributed by atoms with Gasteiger partial charge in [-0.3, -0.25) is 4.79 Å². The zero-order valence-electron chi connectivity index (χ0n) is 13.2. The molecule has 2 N–H and O–H groups in total. The van der Waals surface area contributed by atoms with Crippen molar-refractivity contribution in [1.82, 2.24) is 10.6 Å². The van der Waals surface area contributed by atoms with E-state index in [1.165, 1.54) is 11.1 Å². The summed E-state index contributed by atoms with van der Waals surface area (Å²) in [5.41, 5.74) is 2.56. The van der Waals surface area contributed by atoms with Gasteiger partial charge < -0.3 is 10.6 Å². The van der Waals surface area contributed by atoms with Gasteiger partial charge in [-0.1, -0.05) is 52.0 Å². The summed E-state index contributed by atoms with van der Waals surface area (Å²) in [7, 11) is 0. The predicted molar refractivity (Wildman–Crippen MR) is 84.8 cm³/mol. The normalized spacial score (nSPS) is 11.1. The molecule has 0 aliphatic heterocycles. The second kappa shape index (κ2) is 8.75. The summed E-state index contributed by atoms with van der Waals surface area (Å²) in [6, 6.07) is 8.87. The third kappa shape index (κ3) is 5.74. The maximum Gasteiger partial charge on any atom is 0.234 e. The highest BCUT2D eigenvalue weighted by Gasteiger charge is 2.07. The van der Waals surface area contributed by atoms with E-state index in [0.29, 0.717) is 18.5 Å². The summed E-state index contributed by atoms with van der Waals surface area (Å²) < 4.78 is 0. The lowest BCUT2D eigenvalue weighted by molar-refractivity contribution is -0.121. The van der Waals surface area contributed by atoms with E-state index >= 15 is 0 Å². The number of nitrogens with one attached hydrogen (secondary N) is 2. The number of rotatable bonds is 8. The highest BCUT2D eigenvalue weighted by Crippen LogP contribution is 2.14. The molecule has 0 spiro atoms. The summed E-state index contributed by atoms with van der Waals surface area (Å²) in [6.07, 6.45) is 1.97. The molecule has 0 unspecified atom stereocenters. The van der Waals surface area contributed by atoms with Crippen LogP contribution in [0.25, 0.3) is 0 Å². The SMILES string of the molecule is CCC(CC)NC(=O)CNCc1ccc(C(C)C)cc1. The van der Waals surface area contributed by atoms with Crippen LogP contribution >= 0.6 is 0 Å². The lowest BCUT2D eigenvalue weighted by Crippen LogP contribution is -2.39. The van der Waals surface area contributed by atoms with Gasteiger partial charge >= 0.3 is 0 Å². The van der Waals surface area contributed by atoms with Crippen molar-refractivity contribution in [3.63, 3.8) is 0 Å². The molecule has 0 bridgehead atoms. The third-order valence-electron chi connectivity index (χ3n) is 3.61. The van der Waals surface area contributed by atoms with E-state index in [4.69, 9.17) is 0 Å². The van der Waals surface area contributed by atoms with Crippen LogP contribution in [0.4, 0.5) is 0 Å². The zero-order valence-corrected chi connectivity index (χ0v) is 13.2. The van der Waals surface area contributed by atoms with Crippen molar-refractivity contribution in [3.8, 4) is 0 Å². The summed E-state index contributed by atoms with van der Waals surface area (Å²) >= 11 is 0. The molecule has 3 heteroatoms. The van der Waals surface area contributed by atoms with Crippen LogP contribution in [-0.4, -0.2) is 18.5 Å². The van der Waals surface area contributed by atoms with Crippen LogP contribution in [0.2, 0.25) is 0 Å². The first kappa shape index (κ1) is 16.7. The maximum atomic E-state index is 11.7. The molecule has 1 amide bonds. The zero-order chi connectivity index (χ0) is 15.0. The first-order chi connectivity index (χ1) is 9.56. The van der Waals surface area contributed by atoms with Gasteiger partial charge in [0.1, 0.15) is 0 Å². The van der Waals surface area contributed by atoms with Crippen LogP contribution in [0.5, 0.6) is 0 Å². The fourth-order valence-corrected chi connectivity index (χ4v) is 2.11. The Kier molecular flexibility index (Phi) is 7.31. The molecule has 0 aliphatic rings. The maximum absolute atomic E-state index is 11.7. The van der Waals surface area contributed by atoms with Crippen molar-refractivity contribution in [3.05, 3.63) is 35.4 Å². The highest BCUT2D eigenvalue weighted by atomic mass is 16.1. The molecule has 112 valence electrons. The Hall–Kier alpha value is -1.35. The van der Waals surface area contributed by atoms with Gasteiger partial charge in [0.2, 0.25) is 5.91 Å². The Morgan fingerprint density at radius 3 is 2.20 bits per heavy atom. The summed E-state index contributed by atoms with van der Waals surface area (Å²) in [4.78, 5) is 11.7. The average molecular weight is 276 g/mol. The Bertz CT molecular complexity index is 394. The molecule has 0 heterocycles. The van der Waals surface area contributed by atoms with E-state index in [0.717, 1.165) is 19.4 Å². The number of amides is 1. The van der Waals surface area contributed by atoms with Crippen molar-refractivity contribution in [1.29, 1.82) is 0 Å². The molecule has 0 fully saturated rings. The fraction of sp³-hybridized carbons (Fsp3) is 0.588. The average Bonchev–Trinajstić information content (AvgIpc) is 2.45. The van der Waals surface area contributed by atoms with Gasteiger partial charge in [-0.2, -0.15) is 0 Å². The van der Waals surface area contributed by atoms with Crippen molar-refractivity contribution in [2.75, 3.05) is 6.54 Å². The van der Waals surface area contributed by atoms with Gasteiger partial charge in [-0.15, -0.1) is 0 Å². The molecular weight excluding hydrogens is 248 g/mol. The van der Waals surface area contributed by atoms with Gasteiger partial charge in [0, 0.05) is 12.6 Å². The fourth-order valence-electron chi connectivity index (χ4n) is 2.11. The molecule has 0 aromatic heterocycles. The molecule has 1 aromatic rings. The Balaban J connectivity index is 2.31. The molecule has 1 rings (SSSR count). The Morgan fingerprint density at radius 2 is 1.70 bits per heavy atom. The summed E-state index contributed by atoms with van der Waals surface area (Å²) in [6.45, 7) is 9.68. The lowest BCUT2D eigenvalue weighted by Gasteiger charge is -2.15. The minimum absolute atomic E-state index is 0.0810. The van der Waals surface area contributed by atoms with Crippen LogP contribution in [0, 0.1) is 0 Å². The van der Waals surface area contributed by atoms with E-state index in [1.54, 1.807) is 0 Å². The van der Waals surface area contributed by atoms with Gasteiger partial charge in [0.05, 0.1) is 6.54 Å². The topological polar surface area (TPSA) is 41.1 Å². The van der Waals surface area contributed by atoms with E-state index in [1.807, 2.05) is 0 Å². The first-order valence-corrected chi connectivity index (χ1v) is 7.65. The minimum atomic E-state index is 0.0810. The molecular formula is C17H28N2O. The molecule has 0 saturated carbocycles. The summed E-state index contributed by atoms with van der Waals surface area (Å²) in [5, 5.41) is 6.22. The minimum Gasteiger partial charge on any atom is -0.352 e. The highest BCUT2D eigenvalue weighted by molar-refractivity contribution is 5.78. The van der Waals surface area contributed by atoms with Crippen molar-refractivity contribution in [2.24, 2.45) is 0 Å². The van der Waals surface area contributed by atoms with Crippen LogP contribution in [0.15, 0.2) is 24.3 Å². The Labute approximate surface area is 123 Å². The standard InChI is InChI=1S/C17H28N2O/c1-5-16(6-2)19-17(20)12-18-11-14-7-9-15(10-8-14)13(3)4/h7-10,13,16,18H,5-6,11-12H2,1-4H3,(H,19,20). The van der Waals surface area contributed by atoms with Crippen LogP contribution in [0.3, 0.4) is 0 Å². The van der Waals surface area contributed by atoms with E-state index in [2.05, 4.69) is 62.6 Å². The monoisotopic (exact) mass is 276 g/mol. The largest absolute Gasteiger partial charge is 0.352 e. The summed E-state index contributed by atoms with van der Waals surface area (Å²) in [5.74, 6) is 0.639. The van der Waals surface area contributed by atoms with Crippen LogP contribution in [-0.2, 0) is 11.3 Å². The molecule has 0 saturated heterocycles. The molecule has 0 aliphatic carbocycles. The van der Waals surface area contributed by atoms with E-state index < -0.39 is 0 Å². The lowest BCUT2D eigenvalue weighted by atomic mass is 10.0. The molecule has 1 aromatic carbocycles. The third-order valence-corrected chi connectivity index (χ3v) is 3.61.